The number of carbonyl (C=O) groups is 1. The van der Waals surface area contributed by atoms with E-state index >= 15 is 0 Å². The molecule has 2 aromatic heterocycles. The van der Waals surface area contributed by atoms with Crippen molar-refractivity contribution >= 4 is 23.4 Å². The Hall–Kier alpha value is -3.35. The summed E-state index contributed by atoms with van der Waals surface area (Å²) >= 11 is 0. The van der Waals surface area contributed by atoms with Crippen molar-refractivity contribution in [2.75, 3.05) is 11.5 Å². The normalized spacial score (nSPS) is 10.3. The molecular formula is C18H17N5O2. The van der Waals surface area contributed by atoms with Crippen molar-refractivity contribution < 1.29 is 9.53 Å². The Labute approximate surface area is 145 Å². The number of nitrogens with zero attached hydrogens (tertiary/aromatic N) is 5. The van der Waals surface area contributed by atoms with Gasteiger partial charge in [-0.1, -0.05) is 6.07 Å². The van der Waals surface area contributed by atoms with Gasteiger partial charge in [0.2, 0.25) is 5.95 Å². The highest BCUT2D eigenvalue weighted by molar-refractivity contribution is 5.91. The highest BCUT2D eigenvalue weighted by atomic mass is 16.5. The number of anilines is 3. The third-order valence-electron chi connectivity index (χ3n) is 3.49. The standard InChI is InChI=1S/C18H17N5O2/c1-3-25-17(24)14-6-5-13(2)15(11-14)23(16-12-19-9-10-20-16)18-21-7-4-8-22-18/h4-12H,3H2,1-2H3. The second-order valence-corrected chi connectivity index (χ2v) is 5.17. The minimum atomic E-state index is -0.378. The molecule has 126 valence electrons. The Morgan fingerprint density at radius 2 is 1.92 bits per heavy atom. The summed E-state index contributed by atoms with van der Waals surface area (Å²) in [5.41, 5.74) is 2.12. The Bertz CT molecular complexity index is 816. The van der Waals surface area contributed by atoms with Crippen LogP contribution < -0.4 is 4.90 Å². The number of benzene rings is 1. The maximum absolute atomic E-state index is 12.1. The zero-order chi connectivity index (χ0) is 17.6. The smallest absolute Gasteiger partial charge is 0.338 e. The molecule has 7 heteroatoms. The minimum absolute atomic E-state index is 0.317. The number of aryl methyl sites for hydroxylation is 1. The molecule has 0 bridgehead atoms. The molecule has 0 saturated carbocycles. The zero-order valence-electron chi connectivity index (χ0n) is 14.0. The van der Waals surface area contributed by atoms with Gasteiger partial charge in [0.15, 0.2) is 5.82 Å². The van der Waals surface area contributed by atoms with Gasteiger partial charge >= 0.3 is 5.97 Å². The molecule has 0 saturated heterocycles. The molecule has 0 amide bonds. The third kappa shape index (κ3) is 3.60. The van der Waals surface area contributed by atoms with E-state index in [1.54, 1.807) is 61.0 Å². The average Bonchev–Trinajstić information content (AvgIpc) is 2.65. The van der Waals surface area contributed by atoms with Gasteiger partial charge in [-0.05, 0) is 37.6 Å². The van der Waals surface area contributed by atoms with Gasteiger partial charge in [-0.3, -0.25) is 9.88 Å². The topological polar surface area (TPSA) is 81.1 Å². The summed E-state index contributed by atoms with van der Waals surface area (Å²) in [6.07, 6.45) is 8.10. The molecule has 0 aliphatic carbocycles. The predicted octanol–water partition coefficient (Wildman–Crippen LogP) is 3.22. The van der Waals surface area contributed by atoms with Crippen LogP contribution in [0.2, 0.25) is 0 Å². The number of hydrogen-bond donors (Lipinski definition) is 0. The zero-order valence-corrected chi connectivity index (χ0v) is 14.0. The minimum Gasteiger partial charge on any atom is -0.462 e. The number of ether oxygens (including phenoxy) is 1. The third-order valence-corrected chi connectivity index (χ3v) is 3.49. The highest BCUT2D eigenvalue weighted by Crippen LogP contribution is 2.33. The van der Waals surface area contributed by atoms with E-state index < -0.39 is 0 Å². The van der Waals surface area contributed by atoms with Crippen LogP contribution in [0.1, 0.15) is 22.8 Å². The lowest BCUT2D eigenvalue weighted by Gasteiger charge is -2.23. The molecule has 0 N–H and O–H groups in total. The van der Waals surface area contributed by atoms with E-state index in [1.165, 1.54) is 0 Å². The van der Waals surface area contributed by atoms with Crippen molar-refractivity contribution in [3.05, 3.63) is 66.4 Å². The number of carbonyl (C=O) groups excluding carboxylic acids is 1. The fourth-order valence-corrected chi connectivity index (χ4v) is 2.34. The summed E-state index contributed by atoms with van der Waals surface area (Å²) < 4.78 is 5.10. The number of rotatable bonds is 5. The van der Waals surface area contributed by atoms with Gasteiger partial charge in [0.25, 0.3) is 0 Å². The fraction of sp³-hybridized carbons (Fsp3) is 0.167. The van der Waals surface area contributed by atoms with Gasteiger partial charge < -0.3 is 4.74 Å². The van der Waals surface area contributed by atoms with Crippen LogP contribution in [0.5, 0.6) is 0 Å². The first kappa shape index (κ1) is 16.5. The van der Waals surface area contributed by atoms with Crippen molar-refractivity contribution in [2.45, 2.75) is 13.8 Å². The van der Waals surface area contributed by atoms with Crippen LogP contribution in [0.3, 0.4) is 0 Å². The fourth-order valence-electron chi connectivity index (χ4n) is 2.34. The van der Waals surface area contributed by atoms with E-state index in [1.807, 2.05) is 13.0 Å². The molecule has 0 atom stereocenters. The van der Waals surface area contributed by atoms with Gasteiger partial charge in [0.05, 0.1) is 24.1 Å². The summed E-state index contributed by atoms with van der Waals surface area (Å²) in [4.78, 5) is 31.0. The number of hydrogen-bond acceptors (Lipinski definition) is 7. The summed E-state index contributed by atoms with van der Waals surface area (Å²) in [6.45, 7) is 4.03. The quantitative estimate of drug-likeness (QED) is 0.662. The molecular weight excluding hydrogens is 318 g/mol. The lowest BCUT2D eigenvalue weighted by molar-refractivity contribution is 0.0526. The van der Waals surface area contributed by atoms with Crippen molar-refractivity contribution in [1.29, 1.82) is 0 Å². The SMILES string of the molecule is CCOC(=O)c1ccc(C)c(N(c2cnccn2)c2ncccn2)c1. The van der Waals surface area contributed by atoms with Crippen molar-refractivity contribution in [1.82, 2.24) is 19.9 Å². The molecule has 0 spiro atoms. The van der Waals surface area contributed by atoms with Crippen molar-refractivity contribution in [3.8, 4) is 0 Å². The molecule has 3 rings (SSSR count). The molecule has 0 aliphatic rings. The monoisotopic (exact) mass is 335 g/mol. The molecule has 1 aromatic carbocycles. The van der Waals surface area contributed by atoms with Crippen molar-refractivity contribution in [3.63, 3.8) is 0 Å². The molecule has 2 heterocycles. The Morgan fingerprint density at radius 3 is 2.60 bits per heavy atom. The van der Waals surface area contributed by atoms with Crippen LogP contribution >= 0.6 is 0 Å². The van der Waals surface area contributed by atoms with Gasteiger partial charge in [-0.15, -0.1) is 0 Å². The maximum Gasteiger partial charge on any atom is 0.338 e. The summed E-state index contributed by atoms with van der Waals surface area (Å²) in [7, 11) is 0. The molecule has 0 radical (unpaired) electrons. The van der Waals surface area contributed by atoms with E-state index in [4.69, 9.17) is 4.74 Å². The Balaban J connectivity index is 2.14. The number of aromatic nitrogens is 4. The molecule has 3 aromatic rings. The van der Waals surface area contributed by atoms with Gasteiger partial charge in [-0.25, -0.2) is 19.7 Å². The molecule has 0 unspecified atom stereocenters. The first-order valence-corrected chi connectivity index (χ1v) is 7.81. The van der Waals surface area contributed by atoms with E-state index in [0.717, 1.165) is 11.3 Å². The lowest BCUT2D eigenvalue weighted by Crippen LogP contribution is -2.16. The second kappa shape index (κ2) is 7.48. The van der Waals surface area contributed by atoms with Crippen LogP contribution in [0.25, 0.3) is 0 Å². The van der Waals surface area contributed by atoms with E-state index in [2.05, 4.69) is 19.9 Å². The van der Waals surface area contributed by atoms with Gasteiger partial charge in [-0.2, -0.15) is 0 Å². The van der Waals surface area contributed by atoms with Crippen LogP contribution in [0.15, 0.2) is 55.2 Å². The van der Waals surface area contributed by atoms with Gasteiger partial charge in [0, 0.05) is 24.8 Å². The highest BCUT2D eigenvalue weighted by Gasteiger charge is 2.20. The van der Waals surface area contributed by atoms with Crippen LogP contribution in [0, 0.1) is 6.92 Å². The second-order valence-electron chi connectivity index (χ2n) is 5.17. The maximum atomic E-state index is 12.1. The molecule has 7 nitrogen and oxygen atoms in total. The van der Waals surface area contributed by atoms with Crippen molar-refractivity contribution in [2.24, 2.45) is 0 Å². The largest absolute Gasteiger partial charge is 0.462 e. The van der Waals surface area contributed by atoms with Gasteiger partial charge in [0.1, 0.15) is 0 Å². The molecule has 25 heavy (non-hydrogen) atoms. The Morgan fingerprint density at radius 1 is 1.12 bits per heavy atom. The summed E-state index contributed by atoms with van der Waals surface area (Å²) in [6, 6.07) is 7.07. The summed E-state index contributed by atoms with van der Waals surface area (Å²) in [5, 5.41) is 0. The predicted molar refractivity (Wildman–Crippen MR) is 93.0 cm³/mol. The summed E-state index contributed by atoms with van der Waals surface area (Å²) in [5.74, 6) is 0.613. The van der Waals surface area contributed by atoms with Crippen LogP contribution in [-0.4, -0.2) is 32.5 Å². The first-order chi connectivity index (χ1) is 12.2. The van der Waals surface area contributed by atoms with E-state index in [0.29, 0.717) is 23.9 Å². The number of esters is 1. The average molecular weight is 335 g/mol. The Kier molecular flexibility index (Phi) is 4.94. The van der Waals surface area contributed by atoms with E-state index in [9.17, 15) is 4.79 Å². The lowest BCUT2D eigenvalue weighted by atomic mass is 10.1. The van der Waals surface area contributed by atoms with Crippen LogP contribution in [0.4, 0.5) is 17.5 Å². The molecule has 0 fully saturated rings. The van der Waals surface area contributed by atoms with Crippen LogP contribution in [-0.2, 0) is 4.74 Å². The first-order valence-electron chi connectivity index (χ1n) is 7.81. The molecule has 0 aliphatic heterocycles. The van der Waals surface area contributed by atoms with E-state index in [-0.39, 0.29) is 5.97 Å².